The fourth-order valence-corrected chi connectivity index (χ4v) is 2.42. The van der Waals surface area contributed by atoms with E-state index in [4.69, 9.17) is 21.1 Å². The number of halogens is 1. The van der Waals surface area contributed by atoms with Crippen molar-refractivity contribution in [1.29, 1.82) is 0 Å². The molecular formula is C21H22ClN3O5. The van der Waals surface area contributed by atoms with Crippen LogP contribution in [0.2, 0.25) is 5.15 Å². The van der Waals surface area contributed by atoms with Gasteiger partial charge in [-0.1, -0.05) is 23.7 Å². The van der Waals surface area contributed by atoms with Gasteiger partial charge in [-0.3, -0.25) is 9.59 Å². The van der Waals surface area contributed by atoms with Crippen molar-refractivity contribution in [2.24, 2.45) is 0 Å². The molecule has 1 aromatic carbocycles. The molecule has 1 aromatic heterocycles. The van der Waals surface area contributed by atoms with E-state index in [1.807, 2.05) is 0 Å². The van der Waals surface area contributed by atoms with Crippen LogP contribution in [0.1, 0.15) is 19.4 Å². The first-order chi connectivity index (χ1) is 14.3. The Morgan fingerprint density at radius 2 is 1.83 bits per heavy atom. The molecular weight excluding hydrogens is 410 g/mol. The van der Waals surface area contributed by atoms with Gasteiger partial charge in [0.25, 0.3) is 5.91 Å². The van der Waals surface area contributed by atoms with Crippen LogP contribution in [0.25, 0.3) is 6.08 Å². The largest absolute Gasteiger partial charge is 0.497 e. The second kappa shape index (κ2) is 11.0. The maximum atomic E-state index is 12.2. The number of carbonyl (C=O) groups excluding carboxylic acids is 3. The zero-order valence-corrected chi connectivity index (χ0v) is 17.5. The summed E-state index contributed by atoms with van der Waals surface area (Å²) in [6.07, 6.45) is 3.28. The Balaban J connectivity index is 1.83. The second-order valence-electron chi connectivity index (χ2n) is 6.25. The standard InChI is InChI=1S/C21H22ClN3O5/c1-13(24-18(26)11-8-15-6-9-16(29-3)10-7-15)21(28)30-14(2)20(27)25-17-5-4-12-23-19(17)22/h4-14H,1-3H3,(H,24,26)(H,25,27)/b11-8+/t13-,14?/m0/s1. The SMILES string of the molecule is COc1ccc(/C=C/C(=O)N[C@@H](C)C(=O)OC(C)C(=O)Nc2cccnc2Cl)cc1. The highest BCUT2D eigenvalue weighted by atomic mass is 35.5. The van der Waals surface area contributed by atoms with Gasteiger partial charge in [0, 0.05) is 12.3 Å². The maximum Gasteiger partial charge on any atom is 0.329 e. The van der Waals surface area contributed by atoms with Crippen molar-refractivity contribution in [2.75, 3.05) is 12.4 Å². The van der Waals surface area contributed by atoms with Crippen LogP contribution in [0.5, 0.6) is 5.75 Å². The number of pyridine rings is 1. The lowest BCUT2D eigenvalue weighted by molar-refractivity contribution is -0.155. The van der Waals surface area contributed by atoms with Crippen LogP contribution in [0.4, 0.5) is 5.69 Å². The summed E-state index contributed by atoms with van der Waals surface area (Å²) in [7, 11) is 1.57. The summed E-state index contributed by atoms with van der Waals surface area (Å²) in [5.41, 5.74) is 1.10. The highest BCUT2D eigenvalue weighted by Crippen LogP contribution is 2.18. The molecule has 0 spiro atoms. The highest BCUT2D eigenvalue weighted by Gasteiger charge is 2.23. The second-order valence-corrected chi connectivity index (χ2v) is 6.60. The fourth-order valence-electron chi connectivity index (χ4n) is 2.25. The molecule has 30 heavy (non-hydrogen) atoms. The van der Waals surface area contributed by atoms with E-state index in [-0.39, 0.29) is 5.15 Å². The molecule has 9 heteroatoms. The molecule has 2 amide bonds. The van der Waals surface area contributed by atoms with Gasteiger partial charge >= 0.3 is 5.97 Å². The van der Waals surface area contributed by atoms with Gasteiger partial charge in [0.05, 0.1) is 12.8 Å². The minimum absolute atomic E-state index is 0.119. The zero-order chi connectivity index (χ0) is 22.1. The van der Waals surface area contributed by atoms with Crippen LogP contribution < -0.4 is 15.4 Å². The topological polar surface area (TPSA) is 107 Å². The number of aromatic nitrogens is 1. The molecule has 2 rings (SSSR count). The van der Waals surface area contributed by atoms with Crippen LogP contribution in [0, 0.1) is 0 Å². The van der Waals surface area contributed by atoms with Gasteiger partial charge in [0.1, 0.15) is 11.8 Å². The molecule has 0 aliphatic carbocycles. The number of benzene rings is 1. The molecule has 1 heterocycles. The predicted octanol–water partition coefficient (Wildman–Crippen LogP) is 2.83. The number of hydrogen-bond donors (Lipinski definition) is 2. The van der Waals surface area contributed by atoms with Crippen LogP contribution in [-0.2, 0) is 19.1 Å². The summed E-state index contributed by atoms with van der Waals surface area (Å²) >= 11 is 5.88. The summed E-state index contributed by atoms with van der Waals surface area (Å²) in [5.74, 6) is -1.09. The number of hydrogen-bond acceptors (Lipinski definition) is 6. The number of methoxy groups -OCH3 is 1. The Bertz CT molecular complexity index is 930. The highest BCUT2D eigenvalue weighted by molar-refractivity contribution is 6.32. The van der Waals surface area contributed by atoms with Gasteiger partial charge in [-0.2, -0.15) is 0 Å². The van der Waals surface area contributed by atoms with Crippen molar-refractivity contribution >= 4 is 41.1 Å². The summed E-state index contributed by atoms with van der Waals surface area (Å²) in [6.45, 7) is 2.87. The molecule has 2 atom stereocenters. The van der Waals surface area contributed by atoms with Crippen LogP contribution in [0.15, 0.2) is 48.7 Å². The number of anilines is 1. The predicted molar refractivity (Wildman–Crippen MR) is 113 cm³/mol. The van der Waals surface area contributed by atoms with Crippen molar-refractivity contribution in [1.82, 2.24) is 10.3 Å². The summed E-state index contributed by atoms with van der Waals surface area (Å²) in [6, 6.07) is 9.33. The first-order valence-corrected chi connectivity index (χ1v) is 9.42. The Kier molecular flexibility index (Phi) is 8.37. The maximum absolute atomic E-state index is 12.2. The third kappa shape index (κ3) is 6.89. The number of nitrogens with zero attached hydrogens (tertiary/aromatic N) is 1. The van der Waals surface area contributed by atoms with E-state index >= 15 is 0 Å². The van der Waals surface area contributed by atoms with Crippen molar-refractivity contribution in [3.63, 3.8) is 0 Å². The molecule has 8 nitrogen and oxygen atoms in total. The summed E-state index contributed by atoms with van der Waals surface area (Å²) in [4.78, 5) is 40.2. The molecule has 0 saturated heterocycles. The number of ether oxygens (including phenoxy) is 2. The molecule has 0 saturated carbocycles. The van der Waals surface area contributed by atoms with E-state index in [1.54, 1.807) is 49.6 Å². The minimum atomic E-state index is -1.09. The van der Waals surface area contributed by atoms with Gasteiger partial charge in [0.15, 0.2) is 11.3 Å². The molecule has 0 aliphatic heterocycles. The van der Waals surface area contributed by atoms with E-state index in [1.165, 1.54) is 26.1 Å². The Morgan fingerprint density at radius 1 is 1.13 bits per heavy atom. The lowest BCUT2D eigenvalue weighted by Gasteiger charge is -2.17. The van der Waals surface area contributed by atoms with Gasteiger partial charge < -0.3 is 20.1 Å². The first-order valence-electron chi connectivity index (χ1n) is 9.04. The van der Waals surface area contributed by atoms with E-state index < -0.39 is 29.9 Å². The molecule has 0 bridgehead atoms. The van der Waals surface area contributed by atoms with E-state index in [0.717, 1.165) is 5.56 Å². The molecule has 2 N–H and O–H groups in total. The summed E-state index contributed by atoms with van der Waals surface area (Å²) < 4.78 is 10.2. The minimum Gasteiger partial charge on any atom is -0.497 e. The van der Waals surface area contributed by atoms with Gasteiger partial charge in [-0.25, -0.2) is 9.78 Å². The summed E-state index contributed by atoms with van der Waals surface area (Å²) in [5, 5.41) is 5.13. The van der Waals surface area contributed by atoms with Crippen molar-refractivity contribution in [3.8, 4) is 5.75 Å². The van der Waals surface area contributed by atoms with Crippen molar-refractivity contribution < 1.29 is 23.9 Å². The number of rotatable bonds is 8. The molecule has 158 valence electrons. The quantitative estimate of drug-likeness (QED) is 0.378. The number of nitrogens with one attached hydrogen (secondary N) is 2. The van der Waals surface area contributed by atoms with Crippen LogP contribution >= 0.6 is 11.6 Å². The Hall–Kier alpha value is -3.39. The molecule has 1 unspecified atom stereocenters. The zero-order valence-electron chi connectivity index (χ0n) is 16.7. The third-order valence-corrected chi connectivity index (χ3v) is 4.24. The Labute approximate surface area is 179 Å². The smallest absolute Gasteiger partial charge is 0.329 e. The first kappa shape index (κ1) is 22.9. The van der Waals surface area contributed by atoms with Gasteiger partial charge in [-0.05, 0) is 49.8 Å². The van der Waals surface area contributed by atoms with Gasteiger partial charge in [0.2, 0.25) is 5.91 Å². The normalized spacial score (nSPS) is 12.7. The molecule has 0 fully saturated rings. The lowest BCUT2D eigenvalue weighted by atomic mass is 10.2. The van der Waals surface area contributed by atoms with E-state index in [2.05, 4.69) is 15.6 Å². The average molecular weight is 432 g/mol. The number of esters is 1. The van der Waals surface area contributed by atoms with E-state index in [0.29, 0.717) is 11.4 Å². The fraction of sp³-hybridized carbons (Fsp3) is 0.238. The monoisotopic (exact) mass is 431 g/mol. The number of carbonyl (C=O) groups is 3. The Morgan fingerprint density at radius 3 is 2.47 bits per heavy atom. The third-order valence-electron chi connectivity index (χ3n) is 3.93. The molecule has 0 aliphatic rings. The van der Waals surface area contributed by atoms with Crippen LogP contribution in [-0.4, -0.2) is 42.0 Å². The van der Waals surface area contributed by atoms with Crippen molar-refractivity contribution in [3.05, 3.63) is 59.4 Å². The molecule has 0 radical (unpaired) electrons. The number of amides is 2. The van der Waals surface area contributed by atoms with E-state index in [9.17, 15) is 14.4 Å². The molecule has 2 aromatic rings. The van der Waals surface area contributed by atoms with Crippen molar-refractivity contribution in [2.45, 2.75) is 26.0 Å². The van der Waals surface area contributed by atoms with Crippen LogP contribution in [0.3, 0.4) is 0 Å². The average Bonchev–Trinajstić information content (AvgIpc) is 2.74. The van der Waals surface area contributed by atoms with Gasteiger partial charge in [-0.15, -0.1) is 0 Å². The lowest BCUT2D eigenvalue weighted by Crippen LogP contribution is -2.41.